The molecule has 35 heavy (non-hydrogen) atoms. The van der Waals surface area contributed by atoms with Crippen LogP contribution in [0.3, 0.4) is 0 Å². The Hall–Kier alpha value is -4.47. The number of likely N-dealkylation sites (tertiary alicyclic amines) is 1. The van der Waals surface area contributed by atoms with Crippen LogP contribution in [0.15, 0.2) is 66.0 Å². The van der Waals surface area contributed by atoms with Gasteiger partial charge in [0.05, 0.1) is 18.7 Å². The largest absolute Gasteiger partial charge is 0.480 e. The van der Waals surface area contributed by atoms with Crippen LogP contribution in [0.1, 0.15) is 29.5 Å². The van der Waals surface area contributed by atoms with Crippen molar-refractivity contribution in [2.75, 3.05) is 13.2 Å². The average molecular weight is 471 g/mol. The van der Waals surface area contributed by atoms with Gasteiger partial charge in [-0.15, -0.1) is 0 Å². The number of carboxylic acids is 1. The highest BCUT2D eigenvalue weighted by molar-refractivity contribution is 5.82. The number of ether oxygens (including phenoxy) is 1. The van der Waals surface area contributed by atoms with Gasteiger partial charge < -0.3 is 19.4 Å². The van der Waals surface area contributed by atoms with Crippen LogP contribution >= 0.6 is 0 Å². The molecule has 0 saturated carbocycles. The summed E-state index contributed by atoms with van der Waals surface area (Å²) in [6, 6.07) is 14.6. The number of H-pyrrole nitrogens is 1. The van der Waals surface area contributed by atoms with E-state index in [-0.39, 0.29) is 36.6 Å². The number of fused-ring (bicyclic) bond motifs is 4. The van der Waals surface area contributed by atoms with Crippen molar-refractivity contribution >= 4 is 23.2 Å². The van der Waals surface area contributed by atoms with Crippen LogP contribution < -0.4 is 5.56 Å². The molecule has 10 heteroatoms. The fourth-order valence-corrected chi connectivity index (χ4v) is 5.26. The van der Waals surface area contributed by atoms with Gasteiger partial charge in [0.25, 0.3) is 5.56 Å². The van der Waals surface area contributed by atoms with Crippen molar-refractivity contribution in [1.82, 2.24) is 24.4 Å². The van der Waals surface area contributed by atoms with E-state index in [1.54, 1.807) is 4.57 Å². The number of hydrogen-bond donors (Lipinski definition) is 2. The van der Waals surface area contributed by atoms with E-state index < -0.39 is 24.1 Å². The number of benzene rings is 2. The molecule has 4 aromatic rings. The normalized spacial score (nSPS) is 19.0. The molecule has 1 saturated heterocycles. The smallest absolute Gasteiger partial charge is 0.410 e. The topological polar surface area (TPSA) is 130 Å². The number of nitrogens with one attached hydrogen (secondary N) is 1. The lowest BCUT2D eigenvalue weighted by Gasteiger charge is -2.22. The van der Waals surface area contributed by atoms with E-state index in [0.29, 0.717) is 5.65 Å². The lowest BCUT2D eigenvalue weighted by molar-refractivity contribution is -0.141. The summed E-state index contributed by atoms with van der Waals surface area (Å²) in [5.74, 6) is -1.24. The Kier molecular flexibility index (Phi) is 4.87. The van der Waals surface area contributed by atoms with Crippen molar-refractivity contribution in [2.24, 2.45) is 0 Å². The molecule has 1 aliphatic carbocycles. The first-order valence-electron chi connectivity index (χ1n) is 11.3. The second-order valence-electron chi connectivity index (χ2n) is 8.76. The Morgan fingerprint density at radius 1 is 1.06 bits per heavy atom. The molecule has 1 amide bonds. The minimum absolute atomic E-state index is 0.102. The number of carbonyl (C=O) groups is 2. The molecule has 0 unspecified atom stereocenters. The van der Waals surface area contributed by atoms with E-state index in [9.17, 15) is 19.5 Å². The molecule has 1 aliphatic heterocycles. The summed E-state index contributed by atoms with van der Waals surface area (Å²) >= 11 is 0. The quantitative estimate of drug-likeness (QED) is 0.468. The van der Waals surface area contributed by atoms with Crippen LogP contribution in [0, 0.1) is 0 Å². The van der Waals surface area contributed by atoms with Crippen molar-refractivity contribution in [3.8, 4) is 11.1 Å². The van der Waals surface area contributed by atoms with Crippen molar-refractivity contribution < 1.29 is 19.4 Å². The predicted octanol–water partition coefficient (Wildman–Crippen LogP) is 2.77. The molecule has 176 valence electrons. The molecular weight excluding hydrogens is 450 g/mol. The number of aliphatic carboxylic acids is 1. The zero-order chi connectivity index (χ0) is 24.1. The summed E-state index contributed by atoms with van der Waals surface area (Å²) in [6.45, 7) is 0.207. The van der Waals surface area contributed by atoms with Gasteiger partial charge in [-0.05, 0) is 22.3 Å². The van der Waals surface area contributed by atoms with Crippen LogP contribution in [0.4, 0.5) is 4.79 Å². The average Bonchev–Trinajstić information content (AvgIpc) is 3.57. The van der Waals surface area contributed by atoms with Gasteiger partial charge >= 0.3 is 12.1 Å². The van der Waals surface area contributed by atoms with Gasteiger partial charge in [-0.1, -0.05) is 48.5 Å². The third-order valence-corrected chi connectivity index (χ3v) is 6.89. The molecule has 6 rings (SSSR count). The standard InChI is InChI=1S/C25H21N5O5/c31-23-21-22(26-12-27-23)30(13-28-21)14-9-20(24(32)33)29(10-14)25(34)35-11-19-17-7-3-1-5-15(17)16-6-2-4-8-18(16)19/h1-8,12-14,19-20H,9-11H2,(H,32,33)(H,26,27,31)/t14-,20-/m1/s1. The van der Waals surface area contributed by atoms with E-state index in [1.807, 2.05) is 36.4 Å². The van der Waals surface area contributed by atoms with Gasteiger partial charge in [-0.2, -0.15) is 0 Å². The number of carbonyl (C=O) groups excluding carboxylic acids is 1. The highest BCUT2D eigenvalue weighted by Crippen LogP contribution is 2.44. The van der Waals surface area contributed by atoms with Crippen LogP contribution in [0.25, 0.3) is 22.3 Å². The number of imidazole rings is 1. The third-order valence-electron chi connectivity index (χ3n) is 6.89. The number of amides is 1. The predicted molar refractivity (Wildman–Crippen MR) is 125 cm³/mol. The van der Waals surface area contributed by atoms with E-state index in [2.05, 4.69) is 27.1 Å². The Bertz CT molecular complexity index is 1480. The zero-order valence-corrected chi connectivity index (χ0v) is 18.5. The molecule has 2 atom stereocenters. The minimum atomic E-state index is -1.11. The summed E-state index contributed by atoms with van der Waals surface area (Å²) in [5, 5.41) is 9.80. The zero-order valence-electron chi connectivity index (χ0n) is 18.5. The lowest BCUT2D eigenvalue weighted by Crippen LogP contribution is -2.41. The fourth-order valence-electron chi connectivity index (χ4n) is 5.26. The molecule has 2 aliphatic rings. The molecule has 1 fully saturated rings. The van der Waals surface area contributed by atoms with Gasteiger partial charge in [0.15, 0.2) is 11.2 Å². The number of carboxylic acid groups (broad SMARTS) is 1. The molecule has 0 bridgehead atoms. The van der Waals surface area contributed by atoms with E-state index >= 15 is 0 Å². The maximum atomic E-state index is 13.1. The summed E-state index contributed by atoms with van der Waals surface area (Å²) in [5.41, 5.74) is 4.52. The molecule has 2 aromatic heterocycles. The SMILES string of the molecule is O=C(O)[C@H]1C[C@@H](n2cnc3c(=O)[nH]cnc32)CN1C(=O)OCC1c2ccccc2-c2ccccc21. The molecular formula is C25H21N5O5. The molecule has 0 spiro atoms. The fraction of sp³-hybridized carbons (Fsp3) is 0.240. The van der Waals surface area contributed by atoms with Crippen LogP contribution in [0.5, 0.6) is 0 Å². The Balaban J connectivity index is 1.23. The molecule has 3 heterocycles. The van der Waals surface area contributed by atoms with Crippen molar-refractivity contribution in [3.05, 3.63) is 82.7 Å². The van der Waals surface area contributed by atoms with Crippen molar-refractivity contribution in [1.29, 1.82) is 0 Å². The van der Waals surface area contributed by atoms with Gasteiger partial charge in [0, 0.05) is 18.9 Å². The summed E-state index contributed by atoms with van der Waals surface area (Å²) in [4.78, 5) is 49.1. The highest BCUT2D eigenvalue weighted by Gasteiger charge is 2.42. The van der Waals surface area contributed by atoms with Crippen LogP contribution in [0.2, 0.25) is 0 Å². The van der Waals surface area contributed by atoms with Gasteiger partial charge in [0.1, 0.15) is 12.6 Å². The summed E-state index contributed by atoms with van der Waals surface area (Å²) in [7, 11) is 0. The second-order valence-corrected chi connectivity index (χ2v) is 8.76. The first-order chi connectivity index (χ1) is 17.0. The molecule has 2 N–H and O–H groups in total. The Labute approximate surface area is 198 Å². The van der Waals surface area contributed by atoms with Gasteiger partial charge in [-0.25, -0.2) is 19.6 Å². The van der Waals surface area contributed by atoms with Gasteiger partial charge in [0.2, 0.25) is 0 Å². The number of aromatic amines is 1. The number of hydrogen-bond acceptors (Lipinski definition) is 6. The number of rotatable bonds is 4. The molecule has 10 nitrogen and oxygen atoms in total. The minimum Gasteiger partial charge on any atom is -0.480 e. The van der Waals surface area contributed by atoms with Crippen molar-refractivity contribution in [2.45, 2.75) is 24.4 Å². The Morgan fingerprint density at radius 3 is 2.43 bits per heavy atom. The highest BCUT2D eigenvalue weighted by atomic mass is 16.6. The monoisotopic (exact) mass is 471 g/mol. The second kappa shape index (κ2) is 8.08. The van der Waals surface area contributed by atoms with Crippen LogP contribution in [-0.4, -0.2) is 60.8 Å². The Morgan fingerprint density at radius 2 is 1.74 bits per heavy atom. The number of aromatic nitrogens is 4. The first kappa shape index (κ1) is 21.1. The maximum Gasteiger partial charge on any atom is 0.410 e. The summed E-state index contributed by atoms with van der Waals surface area (Å²) in [6.07, 6.45) is 2.20. The van der Waals surface area contributed by atoms with E-state index in [1.165, 1.54) is 17.6 Å². The van der Waals surface area contributed by atoms with Gasteiger partial charge in [-0.3, -0.25) is 9.69 Å². The lowest BCUT2D eigenvalue weighted by atomic mass is 9.98. The van der Waals surface area contributed by atoms with E-state index in [0.717, 1.165) is 22.3 Å². The third kappa shape index (κ3) is 3.37. The molecule has 0 radical (unpaired) electrons. The first-order valence-corrected chi connectivity index (χ1v) is 11.3. The number of nitrogens with zero attached hydrogens (tertiary/aromatic N) is 4. The maximum absolute atomic E-state index is 13.1. The van der Waals surface area contributed by atoms with E-state index in [4.69, 9.17) is 4.74 Å². The van der Waals surface area contributed by atoms with Crippen molar-refractivity contribution in [3.63, 3.8) is 0 Å². The van der Waals surface area contributed by atoms with Crippen LogP contribution in [-0.2, 0) is 9.53 Å². The summed E-state index contributed by atoms with van der Waals surface area (Å²) < 4.78 is 7.35. The molecule has 2 aromatic carbocycles.